The number of nitrogens with zero attached hydrogens (tertiary/aromatic N) is 2. The molecule has 1 heterocycles. The second-order valence-electron chi connectivity index (χ2n) is 4.84. The quantitative estimate of drug-likeness (QED) is 0.776. The number of fused-ring (bicyclic) bond motifs is 1. The lowest BCUT2D eigenvalue weighted by molar-refractivity contribution is 0.474. The lowest BCUT2D eigenvalue weighted by Gasteiger charge is -2.28. The molecular weight excluding hydrogens is 250 g/mol. The molecule has 0 saturated heterocycles. The average molecular weight is 269 g/mol. The Bertz CT molecular complexity index is 554. The standard InChI is InChI=1S/C12H19N3O2S/c1-9(2)15-7-6-14(3)18(16,17)12-8-10(13)4-5-11(12)15/h4-5,8-9H,6-7,13H2,1-3H3. The first-order valence-corrected chi connectivity index (χ1v) is 7.40. The van der Waals surface area contributed by atoms with Crippen molar-refractivity contribution in [3.8, 4) is 0 Å². The summed E-state index contributed by atoms with van der Waals surface area (Å²) in [5, 5.41) is 0. The number of rotatable bonds is 1. The van der Waals surface area contributed by atoms with E-state index >= 15 is 0 Å². The van der Waals surface area contributed by atoms with Gasteiger partial charge in [0.05, 0.1) is 5.69 Å². The summed E-state index contributed by atoms with van der Waals surface area (Å²) in [6.07, 6.45) is 0. The maximum atomic E-state index is 12.4. The fraction of sp³-hybridized carbons (Fsp3) is 0.500. The van der Waals surface area contributed by atoms with E-state index in [1.165, 1.54) is 4.31 Å². The van der Waals surface area contributed by atoms with E-state index in [0.717, 1.165) is 5.69 Å². The molecule has 0 aromatic heterocycles. The van der Waals surface area contributed by atoms with E-state index in [-0.39, 0.29) is 6.04 Å². The minimum Gasteiger partial charge on any atom is -0.399 e. The van der Waals surface area contributed by atoms with Crippen LogP contribution in [0, 0.1) is 0 Å². The average Bonchev–Trinajstić information content (AvgIpc) is 2.37. The Labute approximate surface area is 108 Å². The van der Waals surface area contributed by atoms with Crippen LogP contribution in [0.25, 0.3) is 0 Å². The van der Waals surface area contributed by atoms with E-state index in [4.69, 9.17) is 5.73 Å². The summed E-state index contributed by atoms with van der Waals surface area (Å²) in [5.74, 6) is 0. The van der Waals surface area contributed by atoms with Gasteiger partial charge in [-0.3, -0.25) is 0 Å². The third kappa shape index (κ3) is 2.06. The van der Waals surface area contributed by atoms with Crippen LogP contribution in [0.4, 0.5) is 11.4 Å². The Morgan fingerprint density at radius 3 is 2.56 bits per heavy atom. The molecule has 0 unspecified atom stereocenters. The Balaban J connectivity index is 2.68. The fourth-order valence-corrected chi connectivity index (χ4v) is 3.56. The molecule has 18 heavy (non-hydrogen) atoms. The normalized spacial score (nSPS) is 19.7. The summed E-state index contributed by atoms with van der Waals surface area (Å²) in [7, 11) is -1.83. The van der Waals surface area contributed by atoms with Crippen molar-refractivity contribution in [2.24, 2.45) is 0 Å². The molecule has 1 aliphatic rings. The van der Waals surface area contributed by atoms with E-state index in [1.54, 1.807) is 25.2 Å². The van der Waals surface area contributed by atoms with Crippen molar-refractivity contribution in [3.05, 3.63) is 18.2 Å². The smallest absolute Gasteiger partial charge is 0.245 e. The van der Waals surface area contributed by atoms with Crippen molar-refractivity contribution < 1.29 is 8.42 Å². The molecule has 0 atom stereocenters. The van der Waals surface area contributed by atoms with Gasteiger partial charge in [0.1, 0.15) is 4.90 Å². The molecule has 0 bridgehead atoms. The van der Waals surface area contributed by atoms with E-state index in [0.29, 0.717) is 23.7 Å². The number of anilines is 2. The van der Waals surface area contributed by atoms with Crippen LogP contribution in [-0.2, 0) is 10.0 Å². The monoisotopic (exact) mass is 269 g/mol. The molecule has 6 heteroatoms. The van der Waals surface area contributed by atoms with Gasteiger partial charge in [0, 0.05) is 31.9 Å². The van der Waals surface area contributed by atoms with Gasteiger partial charge in [0.15, 0.2) is 0 Å². The highest BCUT2D eigenvalue weighted by Crippen LogP contribution is 2.32. The molecule has 1 aromatic rings. The van der Waals surface area contributed by atoms with Gasteiger partial charge in [-0.25, -0.2) is 8.42 Å². The molecule has 2 N–H and O–H groups in total. The van der Waals surface area contributed by atoms with Crippen LogP contribution in [0.5, 0.6) is 0 Å². The fourth-order valence-electron chi connectivity index (χ4n) is 2.17. The number of benzene rings is 1. The molecule has 0 saturated carbocycles. The first-order chi connectivity index (χ1) is 8.34. The highest BCUT2D eigenvalue weighted by Gasteiger charge is 2.31. The SMILES string of the molecule is CC(C)N1CCN(C)S(=O)(=O)c2cc(N)ccc21. The predicted molar refractivity (Wildman–Crippen MR) is 73.2 cm³/mol. The molecule has 0 aliphatic carbocycles. The molecule has 0 spiro atoms. The maximum Gasteiger partial charge on any atom is 0.245 e. The van der Waals surface area contributed by atoms with E-state index in [1.807, 2.05) is 0 Å². The van der Waals surface area contributed by atoms with Gasteiger partial charge in [-0.2, -0.15) is 4.31 Å². The third-order valence-electron chi connectivity index (χ3n) is 3.26. The predicted octanol–water partition coefficient (Wildman–Crippen LogP) is 1.12. The number of hydrogen-bond donors (Lipinski definition) is 1. The van der Waals surface area contributed by atoms with Crippen LogP contribution >= 0.6 is 0 Å². The van der Waals surface area contributed by atoms with E-state index in [9.17, 15) is 8.42 Å². The molecule has 0 fully saturated rings. The Morgan fingerprint density at radius 2 is 1.94 bits per heavy atom. The first kappa shape index (κ1) is 13.2. The van der Waals surface area contributed by atoms with E-state index in [2.05, 4.69) is 18.7 Å². The minimum atomic E-state index is -3.43. The molecule has 2 rings (SSSR count). The van der Waals surface area contributed by atoms with Gasteiger partial charge >= 0.3 is 0 Å². The van der Waals surface area contributed by atoms with Crippen LogP contribution < -0.4 is 10.6 Å². The molecule has 1 aromatic carbocycles. The Kier molecular flexibility index (Phi) is 3.25. The lowest BCUT2D eigenvalue weighted by Crippen LogP contribution is -2.35. The first-order valence-electron chi connectivity index (χ1n) is 5.96. The number of sulfonamides is 1. The molecule has 0 amide bonds. The third-order valence-corrected chi connectivity index (χ3v) is 5.15. The Hall–Kier alpha value is -1.27. The summed E-state index contributed by atoms with van der Waals surface area (Å²) in [5.41, 5.74) is 6.93. The molecule has 100 valence electrons. The summed E-state index contributed by atoms with van der Waals surface area (Å²) in [4.78, 5) is 2.40. The second kappa shape index (κ2) is 4.44. The van der Waals surface area contributed by atoms with Gasteiger partial charge < -0.3 is 10.6 Å². The lowest BCUT2D eigenvalue weighted by atomic mass is 10.2. The van der Waals surface area contributed by atoms with Crippen LogP contribution in [0.3, 0.4) is 0 Å². The van der Waals surface area contributed by atoms with Crippen molar-refractivity contribution in [2.45, 2.75) is 24.8 Å². The van der Waals surface area contributed by atoms with Gasteiger partial charge in [0.25, 0.3) is 0 Å². The summed E-state index contributed by atoms with van der Waals surface area (Å²) in [6, 6.07) is 5.33. The highest BCUT2D eigenvalue weighted by molar-refractivity contribution is 7.89. The topological polar surface area (TPSA) is 66.6 Å². The molecule has 1 aliphatic heterocycles. The maximum absolute atomic E-state index is 12.4. The van der Waals surface area contributed by atoms with Crippen LogP contribution in [0.1, 0.15) is 13.8 Å². The largest absolute Gasteiger partial charge is 0.399 e. The number of nitrogens with two attached hydrogens (primary N) is 1. The summed E-state index contributed by atoms with van der Waals surface area (Å²) >= 11 is 0. The number of hydrogen-bond acceptors (Lipinski definition) is 4. The van der Waals surface area contributed by atoms with Crippen molar-refractivity contribution in [1.29, 1.82) is 0 Å². The minimum absolute atomic E-state index is 0.245. The summed E-state index contributed by atoms with van der Waals surface area (Å²) in [6.45, 7) is 5.27. The number of likely N-dealkylation sites (N-methyl/N-ethyl adjacent to an activating group) is 1. The Morgan fingerprint density at radius 1 is 1.28 bits per heavy atom. The van der Waals surface area contributed by atoms with Crippen molar-refractivity contribution >= 4 is 21.4 Å². The van der Waals surface area contributed by atoms with Crippen LogP contribution in [-0.4, -0.2) is 38.9 Å². The molecule has 0 radical (unpaired) electrons. The van der Waals surface area contributed by atoms with Crippen LogP contribution in [0.2, 0.25) is 0 Å². The molecular formula is C12H19N3O2S. The van der Waals surface area contributed by atoms with Gasteiger partial charge in [-0.1, -0.05) is 0 Å². The zero-order valence-electron chi connectivity index (χ0n) is 10.9. The van der Waals surface area contributed by atoms with Crippen molar-refractivity contribution in [2.75, 3.05) is 30.8 Å². The zero-order chi connectivity index (χ0) is 13.5. The van der Waals surface area contributed by atoms with Crippen molar-refractivity contribution in [1.82, 2.24) is 4.31 Å². The van der Waals surface area contributed by atoms with Crippen molar-refractivity contribution in [3.63, 3.8) is 0 Å². The highest BCUT2D eigenvalue weighted by atomic mass is 32.2. The second-order valence-corrected chi connectivity index (χ2v) is 6.85. The van der Waals surface area contributed by atoms with Crippen LogP contribution in [0.15, 0.2) is 23.1 Å². The number of nitrogen functional groups attached to an aromatic ring is 1. The molecule has 5 nitrogen and oxygen atoms in total. The zero-order valence-corrected chi connectivity index (χ0v) is 11.7. The van der Waals surface area contributed by atoms with Gasteiger partial charge in [-0.05, 0) is 32.0 Å². The van der Waals surface area contributed by atoms with Gasteiger partial charge in [-0.15, -0.1) is 0 Å². The summed E-state index contributed by atoms with van der Waals surface area (Å²) < 4.78 is 26.2. The van der Waals surface area contributed by atoms with E-state index < -0.39 is 10.0 Å². The van der Waals surface area contributed by atoms with Gasteiger partial charge in [0.2, 0.25) is 10.0 Å².